The van der Waals surface area contributed by atoms with Crippen LogP contribution in [0.4, 0.5) is 0 Å². The first-order valence-electron chi connectivity index (χ1n) is 8.09. The Morgan fingerprint density at radius 3 is 2.77 bits per heavy atom. The highest BCUT2D eigenvalue weighted by molar-refractivity contribution is 7.98. The molecule has 0 saturated carbocycles. The molecule has 0 N–H and O–H groups in total. The molecule has 0 bridgehead atoms. The van der Waals surface area contributed by atoms with Crippen LogP contribution in [0.3, 0.4) is 0 Å². The largest absolute Gasteiger partial charge is 0.497 e. The zero-order valence-electron chi connectivity index (χ0n) is 14.1. The molecule has 6 heteroatoms. The van der Waals surface area contributed by atoms with Crippen molar-refractivity contribution < 1.29 is 4.74 Å². The molecule has 0 aliphatic carbocycles. The van der Waals surface area contributed by atoms with E-state index < -0.39 is 0 Å². The van der Waals surface area contributed by atoms with Gasteiger partial charge in [-0.1, -0.05) is 47.6 Å². The lowest BCUT2D eigenvalue weighted by Crippen LogP contribution is -1.91. The van der Waals surface area contributed by atoms with Gasteiger partial charge in [0.05, 0.1) is 18.3 Å². The summed E-state index contributed by atoms with van der Waals surface area (Å²) < 4.78 is 7.18. The first-order valence-corrected chi connectivity index (χ1v) is 9.45. The standard InChI is InChI=1S/C20H16ClN3OS/c1-25-17-4-2-3-15(11-17)18-12-19-20(22-9-10-24(19)23-18)26-13-14-5-7-16(21)8-6-14/h2-12H,13H2,1H3. The van der Waals surface area contributed by atoms with Gasteiger partial charge < -0.3 is 4.74 Å². The summed E-state index contributed by atoms with van der Waals surface area (Å²) in [6.45, 7) is 0. The van der Waals surface area contributed by atoms with Gasteiger partial charge in [0.25, 0.3) is 0 Å². The summed E-state index contributed by atoms with van der Waals surface area (Å²) in [5, 5.41) is 6.37. The molecule has 0 spiro atoms. The fraction of sp³-hybridized carbons (Fsp3) is 0.100. The number of ether oxygens (including phenoxy) is 1. The van der Waals surface area contributed by atoms with E-state index in [2.05, 4.69) is 16.1 Å². The molecule has 0 saturated heterocycles. The van der Waals surface area contributed by atoms with Gasteiger partial charge in [-0.3, -0.25) is 0 Å². The lowest BCUT2D eigenvalue weighted by Gasteiger charge is -2.03. The highest BCUT2D eigenvalue weighted by atomic mass is 35.5. The topological polar surface area (TPSA) is 39.4 Å². The number of fused-ring (bicyclic) bond motifs is 1. The summed E-state index contributed by atoms with van der Waals surface area (Å²) in [5.41, 5.74) is 4.10. The maximum atomic E-state index is 5.95. The summed E-state index contributed by atoms with van der Waals surface area (Å²) in [7, 11) is 1.66. The summed E-state index contributed by atoms with van der Waals surface area (Å²) in [6.07, 6.45) is 3.64. The van der Waals surface area contributed by atoms with Crippen LogP contribution in [0.15, 0.2) is 72.0 Å². The zero-order chi connectivity index (χ0) is 17.9. The number of halogens is 1. The monoisotopic (exact) mass is 381 g/mol. The van der Waals surface area contributed by atoms with Crippen LogP contribution in [0.1, 0.15) is 5.56 Å². The van der Waals surface area contributed by atoms with Gasteiger partial charge in [0, 0.05) is 28.7 Å². The Hall–Kier alpha value is -2.50. The molecule has 0 aliphatic rings. The Kier molecular flexibility index (Phi) is 4.82. The lowest BCUT2D eigenvalue weighted by molar-refractivity contribution is 0.415. The number of thioether (sulfide) groups is 1. The van der Waals surface area contributed by atoms with Crippen LogP contribution in [-0.4, -0.2) is 21.7 Å². The number of hydrogen-bond donors (Lipinski definition) is 0. The van der Waals surface area contributed by atoms with Crippen LogP contribution in [0.25, 0.3) is 16.8 Å². The second-order valence-corrected chi connectivity index (χ2v) is 7.14. The molecule has 26 heavy (non-hydrogen) atoms. The summed E-state index contributed by atoms with van der Waals surface area (Å²) in [4.78, 5) is 4.53. The van der Waals surface area contributed by atoms with Gasteiger partial charge in [0.15, 0.2) is 0 Å². The molecule has 0 unspecified atom stereocenters. The number of methoxy groups -OCH3 is 1. The van der Waals surface area contributed by atoms with Gasteiger partial charge in [0.1, 0.15) is 10.8 Å². The van der Waals surface area contributed by atoms with Crippen LogP contribution in [-0.2, 0) is 5.75 Å². The quantitative estimate of drug-likeness (QED) is 0.437. The number of benzene rings is 2. The van der Waals surface area contributed by atoms with Gasteiger partial charge in [-0.05, 0) is 35.9 Å². The molecule has 0 fully saturated rings. The van der Waals surface area contributed by atoms with E-state index in [0.717, 1.165) is 38.3 Å². The number of nitrogens with zero attached hydrogens (tertiary/aromatic N) is 3. The third-order valence-corrected chi connectivity index (χ3v) is 5.33. The highest BCUT2D eigenvalue weighted by Gasteiger charge is 2.10. The van der Waals surface area contributed by atoms with Crippen molar-refractivity contribution in [3.8, 4) is 17.0 Å². The van der Waals surface area contributed by atoms with E-state index >= 15 is 0 Å². The van der Waals surface area contributed by atoms with Gasteiger partial charge in [-0.25, -0.2) is 9.50 Å². The smallest absolute Gasteiger partial charge is 0.122 e. The fourth-order valence-corrected chi connectivity index (χ4v) is 3.72. The van der Waals surface area contributed by atoms with Crippen molar-refractivity contribution in [1.82, 2.24) is 14.6 Å². The van der Waals surface area contributed by atoms with Crippen LogP contribution in [0.2, 0.25) is 5.02 Å². The predicted molar refractivity (Wildman–Crippen MR) is 106 cm³/mol. The van der Waals surface area contributed by atoms with Crippen molar-refractivity contribution in [2.24, 2.45) is 0 Å². The number of aromatic nitrogens is 3. The second-order valence-electron chi connectivity index (χ2n) is 5.74. The molecule has 0 aliphatic heterocycles. The Balaban J connectivity index is 1.63. The third kappa shape index (κ3) is 3.54. The Labute approximate surface area is 160 Å². The van der Waals surface area contributed by atoms with Crippen molar-refractivity contribution in [3.63, 3.8) is 0 Å². The van der Waals surface area contributed by atoms with Crippen LogP contribution in [0.5, 0.6) is 5.75 Å². The number of hydrogen-bond acceptors (Lipinski definition) is 4. The molecule has 0 amide bonds. The normalized spacial score (nSPS) is 11.0. The zero-order valence-corrected chi connectivity index (χ0v) is 15.7. The minimum Gasteiger partial charge on any atom is -0.497 e. The molecule has 2 aromatic carbocycles. The highest BCUT2D eigenvalue weighted by Crippen LogP contribution is 2.29. The molecule has 4 nitrogen and oxygen atoms in total. The molecule has 2 aromatic heterocycles. The van der Waals surface area contributed by atoms with Gasteiger partial charge in [-0.2, -0.15) is 5.10 Å². The van der Waals surface area contributed by atoms with Gasteiger partial charge in [0.2, 0.25) is 0 Å². The van der Waals surface area contributed by atoms with Gasteiger partial charge in [-0.15, -0.1) is 0 Å². The first kappa shape index (κ1) is 16.9. The molecular weight excluding hydrogens is 366 g/mol. The average Bonchev–Trinajstić information content (AvgIpc) is 3.12. The second kappa shape index (κ2) is 7.40. The maximum absolute atomic E-state index is 5.95. The van der Waals surface area contributed by atoms with Crippen molar-refractivity contribution in [2.75, 3.05) is 7.11 Å². The lowest BCUT2D eigenvalue weighted by atomic mass is 10.1. The fourth-order valence-electron chi connectivity index (χ4n) is 2.67. The Bertz CT molecular complexity index is 1050. The van der Waals surface area contributed by atoms with Crippen LogP contribution < -0.4 is 4.74 Å². The first-order chi connectivity index (χ1) is 12.7. The summed E-state index contributed by atoms with van der Waals surface area (Å²) in [6, 6.07) is 17.8. The van der Waals surface area contributed by atoms with Crippen molar-refractivity contribution in [2.45, 2.75) is 10.8 Å². The van der Waals surface area contributed by atoms with E-state index in [-0.39, 0.29) is 0 Å². The molecule has 0 atom stereocenters. The van der Waals surface area contributed by atoms with Crippen molar-refractivity contribution in [1.29, 1.82) is 0 Å². The molecular formula is C20H16ClN3OS. The van der Waals surface area contributed by atoms with Crippen LogP contribution >= 0.6 is 23.4 Å². The SMILES string of the molecule is COc1cccc(-c2cc3c(SCc4ccc(Cl)cc4)nccn3n2)c1. The molecule has 4 rings (SSSR count). The molecule has 130 valence electrons. The minimum absolute atomic E-state index is 0.748. The van der Waals surface area contributed by atoms with E-state index in [1.165, 1.54) is 5.56 Å². The summed E-state index contributed by atoms with van der Waals surface area (Å²) in [5.74, 6) is 1.64. The minimum atomic E-state index is 0.748. The Morgan fingerprint density at radius 2 is 1.96 bits per heavy atom. The van der Waals surface area contributed by atoms with Crippen LogP contribution in [0, 0.1) is 0 Å². The molecule has 2 heterocycles. The van der Waals surface area contributed by atoms with E-state index in [4.69, 9.17) is 16.3 Å². The molecule has 0 radical (unpaired) electrons. The van der Waals surface area contributed by atoms with E-state index in [1.807, 2.05) is 59.2 Å². The Morgan fingerprint density at radius 1 is 1.12 bits per heavy atom. The van der Waals surface area contributed by atoms with E-state index in [1.54, 1.807) is 25.1 Å². The van der Waals surface area contributed by atoms with Crippen molar-refractivity contribution >= 4 is 28.9 Å². The predicted octanol–water partition coefficient (Wildman–Crippen LogP) is 5.35. The van der Waals surface area contributed by atoms with E-state index in [0.29, 0.717) is 0 Å². The summed E-state index contributed by atoms with van der Waals surface area (Å²) >= 11 is 7.64. The van der Waals surface area contributed by atoms with Crippen molar-refractivity contribution in [3.05, 3.63) is 77.6 Å². The average molecular weight is 382 g/mol. The van der Waals surface area contributed by atoms with E-state index in [9.17, 15) is 0 Å². The maximum Gasteiger partial charge on any atom is 0.122 e. The third-order valence-electron chi connectivity index (χ3n) is 4.01. The number of rotatable bonds is 5. The van der Waals surface area contributed by atoms with Gasteiger partial charge >= 0.3 is 0 Å². The molecule has 4 aromatic rings.